The predicted molar refractivity (Wildman–Crippen MR) is 75.9 cm³/mol. The minimum absolute atomic E-state index is 0.192. The Morgan fingerprint density at radius 3 is 2.68 bits per heavy atom. The fraction of sp³-hybridized carbons (Fsp3) is 0.167. The van der Waals surface area contributed by atoms with Crippen LogP contribution in [0.5, 0.6) is 0 Å². The highest BCUT2D eigenvalue weighted by atomic mass is 35.5. The van der Waals surface area contributed by atoms with Gasteiger partial charge >= 0.3 is 5.56 Å². The molecule has 1 atom stereocenters. The Morgan fingerprint density at radius 2 is 2.00 bits per heavy atom. The molecule has 1 aromatic heterocycles. The van der Waals surface area contributed by atoms with Crippen LogP contribution in [0.15, 0.2) is 34.0 Å². The van der Waals surface area contributed by atoms with Crippen molar-refractivity contribution in [1.29, 1.82) is 0 Å². The van der Waals surface area contributed by atoms with Crippen molar-refractivity contribution in [2.24, 2.45) is 0 Å². The molecule has 0 spiro atoms. The van der Waals surface area contributed by atoms with Gasteiger partial charge in [0, 0.05) is 34.6 Å². The highest BCUT2D eigenvalue weighted by Gasteiger charge is 2.13. The average molecular weight is 299 g/mol. The van der Waals surface area contributed by atoms with Crippen molar-refractivity contribution < 1.29 is 4.21 Å². The standard InChI is InChI=1S/C12H11ClN2O3S/c1-19(18)6-7-3-2-4-8(10(7)13)9-5-14-15-12(17)11(9)16/h2-5H,6H2,1H3,(H,14,16)(H,15,17)/t19-/m0/s1. The first kappa shape index (κ1) is 13.8. The third-order valence-corrected chi connectivity index (χ3v) is 3.74. The Bertz CT molecular complexity index is 751. The topological polar surface area (TPSA) is 82.8 Å². The molecule has 0 amide bonds. The first-order valence-electron chi connectivity index (χ1n) is 5.39. The van der Waals surface area contributed by atoms with E-state index in [1.54, 1.807) is 24.5 Å². The lowest BCUT2D eigenvalue weighted by Crippen LogP contribution is -2.28. The van der Waals surface area contributed by atoms with Crippen molar-refractivity contribution in [3.8, 4) is 11.1 Å². The number of aromatic amines is 2. The van der Waals surface area contributed by atoms with Crippen LogP contribution in [0.1, 0.15) is 5.56 Å². The number of rotatable bonds is 3. The SMILES string of the molecule is C[S@](=O)Cc1cccc(-c2c[nH][nH]c(=O)c2=O)c1Cl. The summed E-state index contributed by atoms with van der Waals surface area (Å²) in [5.74, 6) is 0.299. The van der Waals surface area contributed by atoms with Crippen LogP contribution in [0, 0.1) is 0 Å². The minimum atomic E-state index is -1.04. The summed E-state index contributed by atoms with van der Waals surface area (Å²) in [4.78, 5) is 23.1. The molecule has 0 saturated heterocycles. The number of H-pyrrole nitrogens is 2. The lowest BCUT2D eigenvalue weighted by molar-refractivity contribution is 0.686. The molecule has 5 nitrogen and oxygen atoms in total. The number of hydrogen-bond acceptors (Lipinski definition) is 3. The van der Waals surface area contributed by atoms with E-state index in [1.807, 2.05) is 0 Å². The van der Waals surface area contributed by atoms with Gasteiger partial charge in [-0.1, -0.05) is 29.8 Å². The lowest BCUT2D eigenvalue weighted by atomic mass is 10.1. The maximum atomic E-state index is 11.8. The number of hydrogen-bond donors (Lipinski definition) is 2. The van der Waals surface area contributed by atoms with E-state index in [1.165, 1.54) is 6.20 Å². The van der Waals surface area contributed by atoms with E-state index in [2.05, 4.69) is 10.2 Å². The molecular formula is C12H11ClN2O3S. The van der Waals surface area contributed by atoms with Crippen LogP contribution < -0.4 is 11.0 Å². The van der Waals surface area contributed by atoms with Crippen molar-refractivity contribution in [1.82, 2.24) is 10.2 Å². The summed E-state index contributed by atoms with van der Waals surface area (Å²) in [7, 11) is -1.04. The van der Waals surface area contributed by atoms with Crippen molar-refractivity contribution in [2.75, 3.05) is 6.26 Å². The van der Waals surface area contributed by atoms with Gasteiger partial charge in [0.2, 0.25) is 0 Å². The molecule has 100 valence electrons. The van der Waals surface area contributed by atoms with Crippen molar-refractivity contribution >= 4 is 22.4 Å². The molecule has 0 aliphatic carbocycles. The number of aromatic nitrogens is 2. The summed E-state index contributed by atoms with van der Waals surface area (Å²) < 4.78 is 11.3. The molecule has 1 aromatic carbocycles. The molecule has 2 aromatic rings. The monoisotopic (exact) mass is 298 g/mol. The molecule has 19 heavy (non-hydrogen) atoms. The Labute approximate surface area is 116 Å². The molecule has 0 aliphatic heterocycles. The molecule has 0 unspecified atom stereocenters. The van der Waals surface area contributed by atoms with Crippen LogP contribution >= 0.6 is 11.6 Å². The maximum absolute atomic E-state index is 11.8. The van der Waals surface area contributed by atoms with Crippen LogP contribution in [0.4, 0.5) is 0 Å². The molecular weight excluding hydrogens is 288 g/mol. The van der Waals surface area contributed by atoms with Gasteiger partial charge in [-0.05, 0) is 5.56 Å². The Hall–Kier alpha value is -1.66. The zero-order valence-corrected chi connectivity index (χ0v) is 11.6. The molecule has 0 radical (unpaired) electrons. The molecule has 7 heteroatoms. The first-order chi connectivity index (χ1) is 9.00. The zero-order valence-electron chi connectivity index (χ0n) is 10.0. The third kappa shape index (κ3) is 2.85. The second-order valence-corrected chi connectivity index (χ2v) is 5.79. The summed E-state index contributed by atoms with van der Waals surface area (Å²) in [6, 6.07) is 5.10. The van der Waals surface area contributed by atoms with Crippen LogP contribution in [0.25, 0.3) is 11.1 Å². The van der Waals surface area contributed by atoms with E-state index in [4.69, 9.17) is 11.6 Å². The van der Waals surface area contributed by atoms with Gasteiger partial charge in [0.25, 0.3) is 5.43 Å². The third-order valence-electron chi connectivity index (χ3n) is 2.58. The second kappa shape index (κ2) is 5.54. The van der Waals surface area contributed by atoms with Crippen molar-refractivity contribution in [3.05, 3.63) is 55.6 Å². The number of halogens is 1. The fourth-order valence-corrected chi connectivity index (χ4v) is 2.79. The Kier molecular flexibility index (Phi) is 4.01. The Balaban J connectivity index is 2.64. The highest BCUT2D eigenvalue weighted by Crippen LogP contribution is 2.28. The van der Waals surface area contributed by atoms with Gasteiger partial charge < -0.3 is 5.10 Å². The molecule has 1 heterocycles. The van der Waals surface area contributed by atoms with E-state index in [0.717, 1.165) is 0 Å². The van der Waals surface area contributed by atoms with Gasteiger partial charge in [-0.3, -0.25) is 18.9 Å². The van der Waals surface area contributed by atoms with Crippen molar-refractivity contribution in [3.63, 3.8) is 0 Å². The number of nitrogens with one attached hydrogen (secondary N) is 2. The average Bonchev–Trinajstić information content (AvgIpc) is 2.35. The number of benzene rings is 1. The van der Waals surface area contributed by atoms with E-state index in [0.29, 0.717) is 21.9 Å². The van der Waals surface area contributed by atoms with Gasteiger partial charge in [0.05, 0.1) is 10.6 Å². The molecule has 0 bridgehead atoms. The minimum Gasteiger partial charge on any atom is -0.305 e. The highest BCUT2D eigenvalue weighted by molar-refractivity contribution is 7.83. The quantitative estimate of drug-likeness (QED) is 0.837. The summed E-state index contributed by atoms with van der Waals surface area (Å²) in [5.41, 5.74) is -0.0670. The van der Waals surface area contributed by atoms with Gasteiger partial charge in [0.15, 0.2) is 0 Å². The summed E-state index contributed by atoms with van der Waals surface area (Å²) in [5, 5.41) is 5.03. The normalized spacial score (nSPS) is 12.3. The van der Waals surface area contributed by atoms with Gasteiger partial charge in [-0.15, -0.1) is 0 Å². The van der Waals surface area contributed by atoms with Crippen LogP contribution in [-0.2, 0) is 16.6 Å². The summed E-state index contributed by atoms with van der Waals surface area (Å²) in [6.07, 6.45) is 2.96. The molecule has 0 fully saturated rings. The van der Waals surface area contributed by atoms with Crippen LogP contribution in [-0.4, -0.2) is 20.7 Å². The fourth-order valence-electron chi connectivity index (χ4n) is 1.74. The van der Waals surface area contributed by atoms with Crippen LogP contribution in [0.3, 0.4) is 0 Å². The zero-order chi connectivity index (χ0) is 14.0. The molecule has 2 rings (SSSR count). The predicted octanol–water partition coefficient (Wildman–Crippen LogP) is 1.26. The first-order valence-corrected chi connectivity index (χ1v) is 7.49. The van der Waals surface area contributed by atoms with E-state index in [9.17, 15) is 13.8 Å². The summed E-state index contributed by atoms with van der Waals surface area (Å²) >= 11 is 6.21. The van der Waals surface area contributed by atoms with Crippen molar-refractivity contribution in [2.45, 2.75) is 5.75 Å². The lowest BCUT2D eigenvalue weighted by Gasteiger charge is -2.07. The largest absolute Gasteiger partial charge is 0.310 e. The molecule has 0 aliphatic rings. The van der Waals surface area contributed by atoms with Gasteiger partial charge in [0.1, 0.15) is 0 Å². The smallest absolute Gasteiger partial charge is 0.305 e. The van der Waals surface area contributed by atoms with E-state index < -0.39 is 21.8 Å². The van der Waals surface area contributed by atoms with E-state index in [-0.39, 0.29) is 5.56 Å². The molecule has 0 saturated carbocycles. The van der Waals surface area contributed by atoms with Crippen LogP contribution in [0.2, 0.25) is 5.02 Å². The second-order valence-electron chi connectivity index (χ2n) is 3.98. The van der Waals surface area contributed by atoms with Gasteiger partial charge in [-0.25, -0.2) is 0 Å². The van der Waals surface area contributed by atoms with E-state index >= 15 is 0 Å². The summed E-state index contributed by atoms with van der Waals surface area (Å²) in [6.45, 7) is 0. The Morgan fingerprint density at radius 1 is 1.26 bits per heavy atom. The maximum Gasteiger partial charge on any atom is 0.310 e. The van der Waals surface area contributed by atoms with Gasteiger partial charge in [-0.2, -0.15) is 0 Å². The molecule has 2 N–H and O–H groups in total.